The first-order chi connectivity index (χ1) is 13.2. The third-order valence-electron chi connectivity index (χ3n) is 4.16. The Hall–Kier alpha value is -3.25. The highest BCUT2D eigenvalue weighted by atomic mass is 32.1. The van der Waals surface area contributed by atoms with E-state index in [0.29, 0.717) is 12.1 Å². The highest BCUT2D eigenvalue weighted by Crippen LogP contribution is 2.24. The van der Waals surface area contributed by atoms with Crippen LogP contribution in [0.1, 0.15) is 20.9 Å². The molecule has 4 rings (SSSR count). The van der Waals surface area contributed by atoms with E-state index >= 15 is 0 Å². The first kappa shape index (κ1) is 17.2. The van der Waals surface area contributed by atoms with Gasteiger partial charge in [0, 0.05) is 34.6 Å². The van der Waals surface area contributed by atoms with Crippen LogP contribution in [0.3, 0.4) is 0 Å². The van der Waals surface area contributed by atoms with E-state index in [1.54, 1.807) is 17.5 Å². The fourth-order valence-corrected chi connectivity index (χ4v) is 3.42. The molecule has 0 saturated heterocycles. The molecule has 0 saturated carbocycles. The molecular weight excluding hydrogens is 356 g/mol. The molecule has 0 unspecified atom stereocenters. The largest absolute Gasteiger partial charge is 0.322 e. The molecule has 2 aromatic heterocycles. The van der Waals surface area contributed by atoms with Gasteiger partial charge in [0.25, 0.3) is 5.91 Å². The first-order valence-electron chi connectivity index (χ1n) is 8.58. The SMILES string of the molecule is Cc1nc(-c2cccc(NC(=O)c3ccc(Cn4cccn4)cc3)c2)cs1. The molecule has 0 bridgehead atoms. The third kappa shape index (κ3) is 4.12. The normalized spacial score (nSPS) is 10.7. The number of nitrogens with zero attached hydrogens (tertiary/aromatic N) is 3. The average molecular weight is 374 g/mol. The van der Waals surface area contributed by atoms with E-state index in [9.17, 15) is 4.79 Å². The first-order valence-corrected chi connectivity index (χ1v) is 9.46. The lowest BCUT2D eigenvalue weighted by Crippen LogP contribution is -2.12. The maximum absolute atomic E-state index is 12.6. The quantitative estimate of drug-likeness (QED) is 0.555. The molecule has 0 aliphatic heterocycles. The average Bonchev–Trinajstić information content (AvgIpc) is 3.34. The van der Waals surface area contributed by atoms with Crippen LogP contribution in [0.5, 0.6) is 0 Å². The molecule has 27 heavy (non-hydrogen) atoms. The zero-order chi connectivity index (χ0) is 18.6. The van der Waals surface area contributed by atoms with Crippen molar-refractivity contribution in [1.29, 1.82) is 0 Å². The summed E-state index contributed by atoms with van der Waals surface area (Å²) in [6.45, 7) is 2.67. The van der Waals surface area contributed by atoms with Crippen LogP contribution in [0.15, 0.2) is 72.4 Å². The second kappa shape index (κ2) is 7.55. The third-order valence-corrected chi connectivity index (χ3v) is 4.93. The fraction of sp³-hybridized carbons (Fsp3) is 0.0952. The predicted molar refractivity (Wildman–Crippen MR) is 108 cm³/mol. The topological polar surface area (TPSA) is 59.8 Å². The van der Waals surface area contributed by atoms with Crippen LogP contribution in [0.2, 0.25) is 0 Å². The Bertz CT molecular complexity index is 1050. The Morgan fingerprint density at radius 1 is 1.15 bits per heavy atom. The van der Waals surface area contributed by atoms with Gasteiger partial charge in [0.1, 0.15) is 0 Å². The van der Waals surface area contributed by atoms with Crippen molar-refractivity contribution in [1.82, 2.24) is 14.8 Å². The van der Waals surface area contributed by atoms with Crippen LogP contribution in [-0.4, -0.2) is 20.7 Å². The highest BCUT2D eigenvalue weighted by Gasteiger charge is 2.08. The molecule has 0 aliphatic carbocycles. The Labute approximate surface area is 161 Å². The standard InChI is InChI=1S/C21H18N4OS/c1-15-23-20(14-27-15)18-4-2-5-19(12-18)24-21(26)17-8-6-16(7-9-17)13-25-11-3-10-22-25/h2-12,14H,13H2,1H3,(H,24,26). The maximum atomic E-state index is 12.6. The highest BCUT2D eigenvalue weighted by molar-refractivity contribution is 7.09. The van der Waals surface area contributed by atoms with Crippen molar-refractivity contribution >= 4 is 22.9 Å². The van der Waals surface area contributed by atoms with Crippen molar-refractivity contribution in [3.05, 3.63) is 88.5 Å². The van der Waals surface area contributed by atoms with Gasteiger partial charge in [-0.1, -0.05) is 24.3 Å². The number of carbonyl (C=O) groups excluding carboxylic acids is 1. The van der Waals surface area contributed by atoms with Crippen molar-refractivity contribution in [2.24, 2.45) is 0 Å². The van der Waals surface area contributed by atoms with Crippen LogP contribution >= 0.6 is 11.3 Å². The van der Waals surface area contributed by atoms with E-state index < -0.39 is 0 Å². The Morgan fingerprint density at radius 2 is 2.00 bits per heavy atom. The van der Waals surface area contributed by atoms with Gasteiger partial charge in [0.15, 0.2) is 0 Å². The second-order valence-electron chi connectivity index (χ2n) is 6.19. The lowest BCUT2D eigenvalue weighted by Gasteiger charge is -2.08. The molecule has 1 amide bonds. The Kier molecular flexibility index (Phi) is 4.80. The number of hydrogen-bond acceptors (Lipinski definition) is 4. The van der Waals surface area contributed by atoms with Crippen LogP contribution < -0.4 is 5.32 Å². The predicted octanol–water partition coefficient (Wildman–Crippen LogP) is 4.62. The zero-order valence-electron chi connectivity index (χ0n) is 14.8. The van der Waals surface area contributed by atoms with Gasteiger partial charge in [0.05, 0.1) is 17.2 Å². The minimum absolute atomic E-state index is 0.132. The molecule has 134 valence electrons. The van der Waals surface area contributed by atoms with Gasteiger partial charge in [-0.25, -0.2) is 4.98 Å². The lowest BCUT2D eigenvalue weighted by atomic mass is 10.1. The van der Waals surface area contributed by atoms with Gasteiger partial charge in [0.2, 0.25) is 0 Å². The Morgan fingerprint density at radius 3 is 2.70 bits per heavy atom. The summed E-state index contributed by atoms with van der Waals surface area (Å²) in [5.74, 6) is -0.132. The van der Waals surface area contributed by atoms with E-state index in [4.69, 9.17) is 0 Å². The van der Waals surface area contributed by atoms with Crippen LogP contribution in [0, 0.1) is 6.92 Å². The monoisotopic (exact) mass is 374 g/mol. The number of carbonyl (C=O) groups is 1. The second-order valence-corrected chi connectivity index (χ2v) is 7.25. The van der Waals surface area contributed by atoms with Gasteiger partial charge in [-0.15, -0.1) is 11.3 Å². The molecule has 5 nitrogen and oxygen atoms in total. The van der Waals surface area contributed by atoms with E-state index in [1.165, 1.54) is 0 Å². The number of nitrogens with one attached hydrogen (secondary N) is 1. The lowest BCUT2D eigenvalue weighted by molar-refractivity contribution is 0.102. The van der Waals surface area contributed by atoms with Crippen molar-refractivity contribution < 1.29 is 4.79 Å². The smallest absolute Gasteiger partial charge is 0.255 e. The molecule has 2 heterocycles. The van der Waals surface area contributed by atoms with Crippen LogP contribution in [-0.2, 0) is 6.54 Å². The van der Waals surface area contributed by atoms with Gasteiger partial charge >= 0.3 is 0 Å². The molecule has 0 aliphatic rings. The molecule has 6 heteroatoms. The van der Waals surface area contributed by atoms with Crippen molar-refractivity contribution in [3.63, 3.8) is 0 Å². The summed E-state index contributed by atoms with van der Waals surface area (Å²) in [4.78, 5) is 17.1. The van der Waals surface area contributed by atoms with Crippen molar-refractivity contribution in [2.45, 2.75) is 13.5 Å². The summed E-state index contributed by atoms with van der Waals surface area (Å²) in [7, 11) is 0. The maximum Gasteiger partial charge on any atom is 0.255 e. The van der Waals surface area contributed by atoms with Gasteiger partial charge < -0.3 is 5.32 Å². The molecule has 0 atom stereocenters. The minimum Gasteiger partial charge on any atom is -0.322 e. The van der Waals surface area contributed by atoms with E-state index in [1.807, 2.05) is 77.8 Å². The molecule has 1 N–H and O–H groups in total. The summed E-state index contributed by atoms with van der Waals surface area (Å²) in [6, 6.07) is 17.2. The number of anilines is 1. The van der Waals surface area contributed by atoms with E-state index in [0.717, 1.165) is 27.5 Å². The number of thiazole rings is 1. The zero-order valence-corrected chi connectivity index (χ0v) is 15.6. The van der Waals surface area contributed by atoms with Crippen molar-refractivity contribution in [3.8, 4) is 11.3 Å². The number of aryl methyl sites for hydroxylation is 1. The molecule has 0 radical (unpaired) electrons. The molecule has 4 aromatic rings. The number of amides is 1. The summed E-state index contributed by atoms with van der Waals surface area (Å²) in [6.07, 6.45) is 3.67. The molecule has 2 aromatic carbocycles. The number of hydrogen-bond donors (Lipinski definition) is 1. The molecule has 0 spiro atoms. The van der Waals surface area contributed by atoms with Crippen molar-refractivity contribution in [2.75, 3.05) is 5.32 Å². The summed E-state index contributed by atoms with van der Waals surface area (Å²) in [5, 5.41) is 10.2. The van der Waals surface area contributed by atoms with Gasteiger partial charge in [-0.2, -0.15) is 5.10 Å². The summed E-state index contributed by atoms with van der Waals surface area (Å²) < 4.78 is 1.85. The summed E-state index contributed by atoms with van der Waals surface area (Å²) >= 11 is 1.61. The number of benzene rings is 2. The van der Waals surface area contributed by atoms with Gasteiger partial charge in [-0.05, 0) is 42.8 Å². The molecular formula is C21H18N4OS. The fourth-order valence-electron chi connectivity index (χ4n) is 2.80. The molecule has 0 fully saturated rings. The van der Waals surface area contributed by atoms with Crippen LogP contribution in [0.25, 0.3) is 11.3 Å². The Balaban J connectivity index is 1.46. The minimum atomic E-state index is -0.132. The number of rotatable bonds is 5. The summed E-state index contributed by atoms with van der Waals surface area (Å²) in [5.41, 5.74) is 4.39. The van der Waals surface area contributed by atoms with E-state index in [2.05, 4.69) is 15.4 Å². The van der Waals surface area contributed by atoms with Crippen LogP contribution in [0.4, 0.5) is 5.69 Å². The number of aromatic nitrogens is 3. The van der Waals surface area contributed by atoms with Gasteiger partial charge in [-0.3, -0.25) is 9.48 Å². The van der Waals surface area contributed by atoms with E-state index in [-0.39, 0.29) is 5.91 Å².